The van der Waals surface area contributed by atoms with E-state index in [2.05, 4.69) is 13.8 Å². The van der Waals surface area contributed by atoms with Crippen LogP contribution in [0.3, 0.4) is 0 Å². The van der Waals surface area contributed by atoms with Crippen LogP contribution >= 0.6 is 0 Å². The Morgan fingerprint density at radius 1 is 1.23 bits per heavy atom. The lowest BCUT2D eigenvalue weighted by molar-refractivity contribution is 0.0179. The molecule has 2 rings (SSSR count). The molecule has 0 aromatic heterocycles. The monoisotopic (exact) mass is 305 g/mol. The Morgan fingerprint density at radius 3 is 2.41 bits per heavy atom. The molecule has 0 N–H and O–H groups in total. The van der Waals surface area contributed by atoms with Gasteiger partial charge in [-0.15, -0.1) is 0 Å². The Hall–Kier alpha value is -1.71. The zero-order valence-corrected chi connectivity index (χ0v) is 14.2. The molecule has 4 nitrogen and oxygen atoms in total. The van der Waals surface area contributed by atoms with Gasteiger partial charge in [-0.2, -0.15) is 0 Å². The van der Waals surface area contributed by atoms with Crippen molar-refractivity contribution >= 4 is 6.09 Å². The first-order chi connectivity index (χ1) is 10.3. The van der Waals surface area contributed by atoms with Gasteiger partial charge in [-0.05, 0) is 38.8 Å². The number of amides is 1. The van der Waals surface area contributed by atoms with Crippen molar-refractivity contribution in [2.75, 3.05) is 6.54 Å². The summed E-state index contributed by atoms with van der Waals surface area (Å²) >= 11 is 0. The second-order valence-corrected chi connectivity index (χ2v) is 7.23. The van der Waals surface area contributed by atoms with Crippen LogP contribution in [0, 0.1) is 5.92 Å². The lowest BCUT2D eigenvalue weighted by Gasteiger charge is -2.30. The summed E-state index contributed by atoms with van der Waals surface area (Å²) in [4.78, 5) is 14.2. The lowest BCUT2D eigenvalue weighted by atomic mass is 10.0. The van der Waals surface area contributed by atoms with E-state index in [0.29, 0.717) is 12.5 Å². The van der Waals surface area contributed by atoms with Gasteiger partial charge in [0.25, 0.3) is 0 Å². The largest absolute Gasteiger partial charge is 0.489 e. The fourth-order valence-electron chi connectivity index (χ4n) is 2.77. The van der Waals surface area contributed by atoms with Gasteiger partial charge < -0.3 is 14.4 Å². The normalized spacial score (nSPS) is 22.0. The van der Waals surface area contributed by atoms with E-state index in [-0.39, 0.29) is 18.2 Å². The number of likely N-dealkylation sites (tertiary alicyclic amines) is 1. The molecule has 2 unspecified atom stereocenters. The third kappa shape index (κ3) is 4.39. The molecule has 0 bridgehead atoms. The molecular formula is C18H27NO3. The Bertz CT molecular complexity index is 493. The molecule has 0 saturated carbocycles. The first-order valence-corrected chi connectivity index (χ1v) is 7.97. The maximum absolute atomic E-state index is 12.4. The fourth-order valence-corrected chi connectivity index (χ4v) is 2.77. The van der Waals surface area contributed by atoms with E-state index in [1.54, 1.807) is 0 Å². The summed E-state index contributed by atoms with van der Waals surface area (Å²) in [5.41, 5.74) is -0.475. The predicted molar refractivity (Wildman–Crippen MR) is 87.0 cm³/mol. The van der Waals surface area contributed by atoms with E-state index in [1.165, 1.54) is 0 Å². The highest BCUT2D eigenvalue weighted by Gasteiger charge is 2.40. The molecule has 1 fully saturated rings. The average Bonchev–Trinajstić information content (AvgIpc) is 2.82. The van der Waals surface area contributed by atoms with E-state index in [4.69, 9.17) is 9.47 Å². The van der Waals surface area contributed by atoms with Crippen molar-refractivity contribution in [1.82, 2.24) is 4.90 Å². The first kappa shape index (κ1) is 16.7. The number of para-hydroxylation sites is 1. The molecule has 1 aromatic carbocycles. The standard InChI is InChI=1S/C18H27NO3/c1-13(2)16-11-15(21-14-9-7-6-8-10-14)12-19(16)17(20)22-18(3,4)5/h6-10,13,15-16H,11-12H2,1-5H3. The molecule has 1 aliphatic rings. The SMILES string of the molecule is CC(C)C1CC(Oc2ccccc2)CN1C(=O)OC(C)(C)C. The Kier molecular flexibility index (Phi) is 4.99. The van der Waals surface area contributed by atoms with Gasteiger partial charge in [-0.3, -0.25) is 0 Å². The summed E-state index contributed by atoms with van der Waals surface area (Å²) in [6.07, 6.45) is 0.610. The second-order valence-electron chi connectivity index (χ2n) is 7.23. The van der Waals surface area contributed by atoms with Crippen molar-refractivity contribution < 1.29 is 14.3 Å². The van der Waals surface area contributed by atoms with Gasteiger partial charge in [0.1, 0.15) is 17.5 Å². The minimum absolute atomic E-state index is 0.0160. The maximum atomic E-state index is 12.4. The molecule has 1 aliphatic heterocycles. The van der Waals surface area contributed by atoms with Crippen LogP contribution in [0.15, 0.2) is 30.3 Å². The summed E-state index contributed by atoms with van der Waals surface area (Å²) in [7, 11) is 0. The Balaban J connectivity index is 2.04. The Morgan fingerprint density at radius 2 is 1.86 bits per heavy atom. The molecule has 1 aromatic rings. The fraction of sp³-hybridized carbons (Fsp3) is 0.611. The topological polar surface area (TPSA) is 38.8 Å². The van der Waals surface area contributed by atoms with Crippen LogP contribution in [-0.2, 0) is 4.74 Å². The minimum Gasteiger partial charge on any atom is -0.489 e. The summed E-state index contributed by atoms with van der Waals surface area (Å²) < 4.78 is 11.5. The highest BCUT2D eigenvalue weighted by Crippen LogP contribution is 2.28. The third-order valence-electron chi connectivity index (χ3n) is 3.75. The van der Waals surface area contributed by atoms with E-state index in [1.807, 2.05) is 56.0 Å². The van der Waals surface area contributed by atoms with Crippen LogP contribution in [-0.4, -0.2) is 35.3 Å². The van der Waals surface area contributed by atoms with Crippen molar-refractivity contribution in [3.05, 3.63) is 30.3 Å². The highest BCUT2D eigenvalue weighted by atomic mass is 16.6. The van der Waals surface area contributed by atoms with Crippen LogP contribution in [0.2, 0.25) is 0 Å². The molecule has 1 heterocycles. The average molecular weight is 305 g/mol. The number of carbonyl (C=O) groups is 1. The van der Waals surface area contributed by atoms with Crippen molar-refractivity contribution in [2.45, 2.75) is 58.8 Å². The maximum Gasteiger partial charge on any atom is 0.410 e. The molecule has 1 amide bonds. The number of benzene rings is 1. The van der Waals surface area contributed by atoms with Crippen molar-refractivity contribution in [1.29, 1.82) is 0 Å². The van der Waals surface area contributed by atoms with E-state index in [0.717, 1.165) is 12.2 Å². The van der Waals surface area contributed by atoms with Crippen LogP contribution in [0.4, 0.5) is 4.79 Å². The lowest BCUT2D eigenvalue weighted by Crippen LogP contribution is -2.42. The van der Waals surface area contributed by atoms with Gasteiger partial charge in [0.15, 0.2) is 0 Å². The number of carbonyl (C=O) groups excluding carboxylic acids is 1. The number of nitrogens with zero attached hydrogens (tertiary/aromatic N) is 1. The van der Waals surface area contributed by atoms with Gasteiger partial charge in [0, 0.05) is 12.5 Å². The summed E-state index contributed by atoms with van der Waals surface area (Å²) in [5.74, 6) is 1.22. The van der Waals surface area contributed by atoms with E-state index >= 15 is 0 Å². The molecule has 22 heavy (non-hydrogen) atoms. The number of ether oxygens (including phenoxy) is 2. The highest BCUT2D eigenvalue weighted by molar-refractivity contribution is 5.69. The van der Waals surface area contributed by atoms with Crippen LogP contribution in [0.25, 0.3) is 0 Å². The third-order valence-corrected chi connectivity index (χ3v) is 3.75. The zero-order chi connectivity index (χ0) is 16.3. The van der Waals surface area contributed by atoms with Crippen molar-refractivity contribution in [3.8, 4) is 5.75 Å². The number of hydrogen-bond acceptors (Lipinski definition) is 3. The van der Waals surface area contributed by atoms with Gasteiger partial charge in [0.05, 0.1) is 6.54 Å². The van der Waals surface area contributed by atoms with Crippen molar-refractivity contribution in [3.63, 3.8) is 0 Å². The molecule has 4 heteroatoms. The van der Waals surface area contributed by atoms with Gasteiger partial charge in [-0.25, -0.2) is 4.79 Å². The first-order valence-electron chi connectivity index (χ1n) is 7.97. The molecule has 2 atom stereocenters. The van der Waals surface area contributed by atoms with Gasteiger partial charge in [-0.1, -0.05) is 32.0 Å². The molecule has 0 radical (unpaired) electrons. The molecule has 122 valence electrons. The molecule has 0 aliphatic carbocycles. The zero-order valence-electron chi connectivity index (χ0n) is 14.2. The van der Waals surface area contributed by atoms with Crippen LogP contribution < -0.4 is 4.74 Å². The molecular weight excluding hydrogens is 278 g/mol. The van der Waals surface area contributed by atoms with E-state index < -0.39 is 5.60 Å². The van der Waals surface area contributed by atoms with Gasteiger partial charge in [0.2, 0.25) is 0 Å². The summed E-state index contributed by atoms with van der Waals surface area (Å²) in [6.45, 7) is 10.5. The number of hydrogen-bond donors (Lipinski definition) is 0. The number of rotatable bonds is 3. The quantitative estimate of drug-likeness (QED) is 0.844. The van der Waals surface area contributed by atoms with Crippen LogP contribution in [0.1, 0.15) is 41.0 Å². The second kappa shape index (κ2) is 6.59. The molecule has 0 spiro atoms. The predicted octanol–water partition coefficient (Wildman–Crippen LogP) is 4.10. The van der Waals surface area contributed by atoms with Crippen LogP contribution in [0.5, 0.6) is 5.75 Å². The van der Waals surface area contributed by atoms with Gasteiger partial charge >= 0.3 is 6.09 Å². The van der Waals surface area contributed by atoms with E-state index in [9.17, 15) is 4.79 Å². The van der Waals surface area contributed by atoms with Crippen molar-refractivity contribution in [2.24, 2.45) is 5.92 Å². The summed E-state index contributed by atoms with van der Waals surface area (Å²) in [6, 6.07) is 9.92. The molecule has 1 saturated heterocycles. The summed E-state index contributed by atoms with van der Waals surface area (Å²) in [5, 5.41) is 0. The Labute approximate surface area is 133 Å². The minimum atomic E-state index is -0.475. The smallest absolute Gasteiger partial charge is 0.410 e.